The lowest BCUT2D eigenvalue weighted by Gasteiger charge is -2.35. The van der Waals surface area contributed by atoms with E-state index >= 15 is 0 Å². The molecule has 0 aromatic heterocycles. The summed E-state index contributed by atoms with van der Waals surface area (Å²) in [7, 11) is 1.42. The number of carbonyl (C=O) groups is 1. The van der Waals surface area contributed by atoms with Gasteiger partial charge in [0.05, 0.1) is 18.1 Å². The second-order valence-electron chi connectivity index (χ2n) is 6.78. The molecule has 0 amide bonds. The molecule has 126 valence electrons. The van der Waals surface area contributed by atoms with Crippen LogP contribution in [0.25, 0.3) is 0 Å². The van der Waals surface area contributed by atoms with Gasteiger partial charge in [-0.15, -0.1) is 0 Å². The highest BCUT2D eigenvalue weighted by atomic mass is 19.4. The number of methoxy groups -OCH3 is 1. The molecule has 0 heterocycles. The molecule has 0 spiro atoms. The van der Waals surface area contributed by atoms with Gasteiger partial charge < -0.3 is 4.74 Å². The lowest BCUT2D eigenvalue weighted by molar-refractivity contribution is -0.156. The maximum Gasteiger partial charge on any atom is 0.416 e. The summed E-state index contributed by atoms with van der Waals surface area (Å²) >= 11 is 0. The molecule has 1 aromatic carbocycles. The highest BCUT2D eigenvalue weighted by Gasteiger charge is 2.57. The Morgan fingerprint density at radius 3 is 2.26 bits per heavy atom. The van der Waals surface area contributed by atoms with E-state index in [-0.39, 0.29) is 17.8 Å². The zero-order valence-corrected chi connectivity index (χ0v) is 13.2. The van der Waals surface area contributed by atoms with Gasteiger partial charge in [-0.1, -0.05) is 31.4 Å². The molecule has 0 radical (unpaired) electrons. The van der Waals surface area contributed by atoms with Crippen LogP contribution in [0.2, 0.25) is 0 Å². The Bertz CT molecular complexity index is 571. The third kappa shape index (κ3) is 2.98. The Morgan fingerprint density at radius 2 is 1.74 bits per heavy atom. The Kier molecular flexibility index (Phi) is 4.15. The molecule has 0 bridgehead atoms. The van der Waals surface area contributed by atoms with Crippen LogP contribution in [0, 0.1) is 11.3 Å². The highest BCUT2D eigenvalue weighted by Crippen LogP contribution is 2.62. The van der Waals surface area contributed by atoms with Gasteiger partial charge >= 0.3 is 12.1 Å². The van der Waals surface area contributed by atoms with E-state index < -0.39 is 17.2 Å². The lowest BCUT2D eigenvalue weighted by Crippen LogP contribution is -2.37. The summed E-state index contributed by atoms with van der Waals surface area (Å²) in [5, 5.41) is 0. The first kappa shape index (κ1) is 16.3. The van der Waals surface area contributed by atoms with Crippen molar-refractivity contribution in [3.8, 4) is 0 Å². The number of esters is 1. The minimum atomic E-state index is -4.31. The number of alkyl halides is 3. The Balaban J connectivity index is 1.78. The predicted octanol–water partition coefficient (Wildman–Crippen LogP) is 4.93. The van der Waals surface area contributed by atoms with Crippen LogP contribution in [0.5, 0.6) is 0 Å². The van der Waals surface area contributed by atoms with Gasteiger partial charge in [-0.2, -0.15) is 13.2 Å². The average Bonchev–Trinajstić information content (AvgIpc) is 3.35. The molecule has 2 saturated carbocycles. The molecule has 2 aliphatic rings. The molecule has 0 saturated heterocycles. The highest BCUT2D eigenvalue weighted by molar-refractivity contribution is 5.78. The van der Waals surface area contributed by atoms with Crippen molar-refractivity contribution in [3.05, 3.63) is 35.4 Å². The molecule has 3 rings (SSSR count). The van der Waals surface area contributed by atoms with Crippen molar-refractivity contribution in [2.75, 3.05) is 7.11 Å². The SMILES string of the molecule is COC(=O)C1(C2CC2c2ccc(C(F)(F)F)cc2)CCCCC1. The first-order chi connectivity index (χ1) is 10.9. The van der Waals surface area contributed by atoms with Gasteiger partial charge in [0, 0.05) is 0 Å². The molecule has 1 aromatic rings. The van der Waals surface area contributed by atoms with E-state index in [0.29, 0.717) is 0 Å². The summed E-state index contributed by atoms with van der Waals surface area (Å²) in [4.78, 5) is 12.4. The van der Waals surface area contributed by atoms with E-state index in [9.17, 15) is 18.0 Å². The van der Waals surface area contributed by atoms with Crippen molar-refractivity contribution in [1.29, 1.82) is 0 Å². The fourth-order valence-electron chi connectivity index (χ4n) is 4.21. The minimum Gasteiger partial charge on any atom is -0.469 e. The molecule has 0 N–H and O–H groups in total. The average molecular weight is 326 g/mol. The van der Waals surface area contributed by atoms with Crippen molar-refractivity contribution < 1.29 is 22.7 Å². The zero-order valence-electron chi connectivity index (χ0n) is 13.2. The summed E-state index contributed by atoms with van der Waals surface area (Å²) in [5.74, 6) is 0.234. The van der Waals surface area contributed by atoms with Gasteiger partial charge in [-0.3, -0.25) is 4.79 Å². The van der Waals surface area contributed by atoms with Gasteiger partial charge in [0.1, 0.15) is 0 Å². The first-order valence-corrected chi connectivity index (χ1v) is 8.14. The number of hydrogen-bond acceptors (Lipinski definition) is 2. The van der Waals surface area contributed by atoms with Crippen LogP contribution in [-0.2, 0) is 15.7 Å². The van der Waals surface area contributed by atoms with E-state index in [1.165, 1.54) is 7.11 Å². The van der Waals surface area contributed by atoms with Crippen LogP contribution in [0.1, 0.15) is 55.6 Å². The summed E-state index contributed by atoms with van der Waals surface area (Å²) < 4.78 is 43.0. The predicted molar refractivity (Wildman–Crippen MR) is 79.8 cm³/mol. The van der Waals surface area contributed by atoms with Crippen molar-refractivity contribution in [2.45, 2.75) is 50.6 Å². The molecule has 2 aliphatic carbocycles. The summed E-state index contributed by atoms with van der Waals surface area (Å²) in [6, 6.07) is 5.38. The van der Waals surface area contributed by atoms with Crippen LogP contribution in [0.4, 0.5) is 13.2 Å². The Morgan fingerprint density at radius 1 is 1.13 bits per heavy atom. The molecule has 2 atom stereocenters. The number of hydrogen-bond donors (Lipinski definition) is 0. The summed E-state index contributed by atoms with van der Waals surface area (Å²) in [6.07, 6.45) is 1.40. The van der Waals surface area contributed by atoms with Crippen LogP contribution < -0.4 is 0 Å². The normalized spacial score (nSPS) is 26.6. The van der Waals surface area contributed by atoms with Crippen molar-refractivity contribution in [1.82, 2.24) is 0 Å². The number of rotatable bonds is 3. The topological polar surface area (TPSA) is 26.3 Å². The second kappa shape index (κ2) is 5.84. The molecule has 2 nitrogen and oxygen atoms in total. The third-order valence-corrected chi connectivity index (χ3v) is 5.50. The van der Waals surface area contributed by atoms with Gasteiger partial charge in [-0.25, -0.2) is 0 Å². The molecule has 2 unspecified atom stereocenters. The maximum atomic E-state index is 12.7. The zero-order chi connectivity index (χ0) is 16.7. The summed E-state index contributed by atoms with van der Waals surface area (Å²) in [6.45, 7) is 0. The maximum absolute atomic E-state index is 12.7. The van der Waals surface area contributed by atoms with E-state index in [2.05, 4.69) is 0 Å². The van der Waals surface area contributed by atoms with Gasteiger partial charge in [0.2, 0.25) is 0 Å². The molecule has 0 aliphatic heterocycles. The molecular formula is C18H21F3O2. The minimum absolute atomic E-state index is 0.142. The van der Waals surface area contributed by atoms with Gasteiger partial charge in [-0.05, 0) is 48.8 Å². The lowest BCUT2D eigenvalue weighted by atomic mass is 9.69. The Hall–Kier alpha value is -1.52. The van der Waals surface area contributed by atoms with Crippen LogP contribution in [0.3, 0.4) is 0 Å². The summed E-state index contributed by atoms with van der Waals surface area (Å²) in [5.41, 5.74) is -0.156. The number of halogens is 3. The third-order valence-electron chi connectivity index (χ3n) is 5.50. The van der Waals surface area contributed by atoms with Gasteiger partial charge in [0.25, 0.3) is 0 Å². The monoisotopic (exact) mass is 326 g/mol. The number of carbonyl (C=O) groups excluding carboxylic acids is 1. The number of ether oxygens (including phenoxy) is 1. The molecule has 2 fully saturated rings. The van der Waals surface area contributed by atoms with Crippen LogP contribution in [-0.4, -0.2) is 13.1 Å². The smallest absolute Gasteiger partial charge is 0.416 e. The fraction of sp³-hybridized carbons (Fsp3) is 0.611. The van der Waals surface area contributed by atoms with Crippen LogP contribution >= 0.6 is 0 Å². The van der Waals surface area contributed by atoms with E-state index in [1.807, 2.05) is 0 Å². The van der Waals surface area contributed by atoms with Crippen molar-refractivity contribution >= 4 is 5.97 Å². The second-order valence-corrected chi connectivity index (χ2v) is 6.78. The molecule has 5 heteroatoms. The molecule has 23 heavy (non-hydrogen) atoms. The molecular weight excluding hydrogens is 305 g/mol. The van der Waals surface area contributed by atoms with Crippen LogP contribution in [0.15, 0.2) is 24.3 Å². The fourth-order valence-corrected chi connectivity index (χ4v) is 4.21. The van der Waals surface area contributed by atoms with Crippen molar-refractivity contribution in [2.24, 2.45) is 11.3 Å². The first-order valence-electron chi connectivity index (χ1n) is 8.14. The van der Waals surface area contributed by atoms with Gasteiger partial charge in [0.15, 0.2) is 0 Å². The van der Waals surface area contributed by atoms with E-state index in [4.69, 9.17) is 4.74 Å². The van der Waals surface area contributed by atoms with E-state index in [1.54, 1.807) is 12.1 Å². The Labute approximate surface area is 134 Å². The van der Waals surface area contributed by atoms with E-state index in [0.717, 1.165) is 56.2 Å². The number of benzene rings is 1. The largest absolute Gasteiger partial charge is 0.469 e. The standard InChI is InChI=1S/C18H21F3O2/c1-23-16(22)17(9-3-2-4-10-17)15-11-14(15)12-5-7-13(8-6-12)18(19,20)21/h5-8,14-15H,2-4,9-11H2,1H3. The van der Waals surface area contributed by atoms with Crippen molar-refractivity contribution in [3.63, 3.8) is 0 Å². The quantitative estimate of drug-likeness (QED) is 0.736.